The SMILES string of the molecule is Cc1ccc(C2=C(Nc3ccc(OC(F)(F)F)cc3)C(=O)N(c3cccc(C)c3C)C2=O)cc1. The molecule has 3 aromatic rings. The Labute approximate surface area is 194 Å². The van der Waals surface area contributed by atoms with Crippen LogP contribution in [0.15, 0.2) is 72.4 Å². The lowest BCUT2D eigenvalue weighted by Crippen LogP contribution is -2.33. The molecule has 0 aromatic heterocycles. The van der Waals surface area contributed by atoms with Gasteiger partial charge >= 0.3 is 6.36 Å². The highest BCUT2D eigenvalue weighted by Crippen LogP contribution is 2.36. The molecule has 0 atom stereocenters. The van der Waals surface area contributed by atoms with Crippen LogP contribution >= 0.6 is 0 Å². The van der Waals surface area contributed by atoms with Crippen molar-refractivity contribution in [3.05, 3.63) is 94.7 Å². The van der Waals surface area contributed by atoms with Crippen LogP contribution < -0.4 is 15.0 Å². The van der Waals surface area contributed by atoms with Gasteiger partial charge in [-0.25, -0.2) is 4.90 Å². The summed E-state index contributed by atoms with van der Waals surface area (Å²) in [5.41, 5.74) is 4.29. The van der Waals surface area contributed by atoms with Crippen molar-refractivity contribution in [3.8, 4) is 5.75 Å². The van der Waals surface area contributed by atoms with E-state index in [0.29, 0.717) is 16.9 Å². The van der Waals surface area contributed by atoms with E-state index in [2.05, 4.69) is 10.1 Å². The molecule has 2 amide bonds. The van der Waals surface area contributed by atoms with Gasteiger partial charge in [0.15, 0.2) is 0 Å². The van der Waals surface area contributed by atoms with E-state index in [1.165, 1.54) is 12.1 Å². The Kier molecular flexibility index (Phi) is 5.91. The highest BCUT2D eigenvalue weighted by Gasteiger charge is 2.41. The first-order chi connectivity index (χ1) is 16.0. The highest BCUT2D eigenvalue weighted by molar-refractivity contribution is 6.46. The first kappa shape index (κ1) is 23.1. The molecular formula is C26H21F3N2O3. The number of nitrogens with one attached hydrogen (secondary N) is 1. The number of carbonyl (C=O) groups is 2. The molecule has 1 heterocycles. The standard InChI is InChI=1S/C26H21F3N2O3/c1-15-7-9-18(10-8-15)22-23(30-19-11-13-20(14-12-19)34-26(27,28)29)25(33)31(24(22)32)21-6-4-5-16(2)17(21)3/h4-14,30H,1-3H3. The van der Waals surface area contributed by atoms with Crippen LogP contribution in [0.4, 0.5) is 24.5 Å². The fraction of sp³-hybridized carbons (Fsp3) is 0.154. The lowest BCUT2D eigenvalue weighted by molar-refractivity contribution is -0.274. The summed E-state index contributed by atoms with van der Waals surface area (Å²) < 4.78 is 41.3. The van der Waals surface area contributed by atoms with Gasteiger partial charge in [-0.3, -0.25) is 9.59 Å². The van der Waals surface area contributed by atoms with E-state index in [0.717, 1.165) is 33.7 Å². The van der Waals surface area contributed by atoms with Crippen molar-refractivity contribution in [1.82, 2.24) is 0 Å². The van der Waals surface area contributed by atoms with E-state index >= 15 is 0 Å². The molecule has 1 aliphatic rings. The number of imide groups is 1. The Hall–Kier alpha value is -4.07. The maximum absolute atomic E-state index is 13.5. The van der Waals surface area contributed by atoms with Crippen molar-refractivity contribution in [2.75, 3.05) is 10.2 Å². The van der Waals surface area contributed by atoms with Crippen LogP contribution in [0.2, 0.25) is 0 Å². The van der Waals surface area contributed by atoms with Gasteiger partial charge in [0.25, 0.3) is 11.8 Å². The minimum Gasteiger partial charge on any atom is -0.406 e. The van der Waals surface area contributed by atoms with E-state index in [9.17, 15) is 22.8 Å². The molecule has 5 nitrogen and oxygen atoms in total. The number of hydrogen-bond acceptors (Lipinski definition) is 4. The van der Waals surface area contributed by atoms with Crippen LogP contribution in [0, 0.1) is 20.8 Å². The van der Waals surface area contributed by atoms with Crippen molar-refractivity contribution in [1.29, 1.82) is 0 Å². The number of halogens is 3. The topological polar surface area (TPSA) is 58.6 Å². The molecule has 3 aromatic carbocycles. The average molecular weight is 466 g/mol. The van der Waals surface area contributed by atoms with Gasteiger partial charge in [-0.1, -0.05) is 42.0 Å². The monoisotopic (exact) mass is 466 g/mol. The lowest BCUT2D eigenvalue weighted by Gasteiger charge is -2.19. The van der Waals surface area contributed by atoms with E-state index in [-0.39, 0.29) is 11.3 Å². The normalized spacial score (nSPS) is 14.1. The van der Waals surface area contributed by atoms with E-state index < -0.39 is 23.9 Å². The van der Waals surface area contributed by atoms with Gasteiger partial charge in [0, 0.05) is 5.69 Å². The molecule has 0 bridgehead atoms. The van der Waals surface area contributed by atoms with E-state index in [1.54, 1.807) is 24.3 Å². The second kappa shape index (κ2) is 8.70. The van der Waals surface area contributed by atoms with Gasteiger partial charge in [0.1, 0.15) is 11.4 Å². The van der Waals surface area contributed by atoms with Crippen molar-refractivity contribution < 1.29 is 27.5 Å². The molecule has 0 unspecified atom stereocenters. The Morgan fingerprint density at radius 1 is 0.824 bits per heavy atom. The van der Waals surface area contributed by atoms with Crippen molar-refractivity contribution >= 4 is 28.8 Å². The third-order valence-corrected chi connectivity index (χ3v) is 5.60. The molecule has 1 N–H and O–H groups in total. The van der Waals surface area contributed by atoms with Crippen LogP contribution in [-0.2, 0) is 9.59 Å². The molecule has 0 saturated heterocycles. The summed E-state index contributed by atoms with van der Waals surface area (Å²) in [6.45, 7) is 5.63. The molecule has 0 fully saturated rings. The predicted molar refractivity (Wildman–Crippen MR) is 123 cm³/mol. The fourth-order valence-corrected chi connectivity index (χ4v) is 3.71. The molecule has 8 heteroatoms. The molecule has 4 rings (SSSR count). The smallest absolute Gasteiger partial charge is 0.406 e. The number of ether oxygens (including phenoxy) is 1. The van der Waals surface area contributed by atoms with Crippen LogP contribution in [0.25, 0.3) is 5.57 Å². The van der Waals surface area contributed by atoms with E-state index in [4.69, 9.17) is 0 Å². The fourth-order valence-electron chi connectivity index (χ4n) is 3.71. The zero-order chi connectivity index (χ0) is 24.6. The number of aryl methyl sites for hydroxylation is 2. The number of amides is 2. The maximum Gasteiger partial charge on any atom is 0.573 e. The summed E-state index contributed by atoms with van der Waals surface area (Å²) in [6, 6.07) is 17.5. The summed E-state index contributed by atoms with van der Waals surface area (Å²) in [7, 11) is 0. The number of anilines is 2. The summed E-state index contributed by atoms with van der Waals surface area (Å²) in [5.74, 6) is -1.43. The Balaban J connectivity index is 1.75. The van der Waals surface area contributed by atoms with Gasteiger partial charge in [-0.05, 0) is 67.8 Å². The zero-order valence-corrected chi connectivity index (χ0v) is 18.7. The third kappa shape index (κ3) is 4.52. The summed E-state index contributed by atoms with van der Waals surface area (Å²) in [5, 5.41) is 2.94. The second-order valence-corrected chi connectivity index (χ2v) is 7.98. The van der Waals surface area contributed by atoms with Crippen molar-refractivity contribution in [2.45, 2.75) is 27.1 Å². The number of rotatable bonds is 5. The van der Waals surface area contributed by atoms with Gasteiger partial charge in [0.05, 0.1) is 11.3 Å². The maximum atomic E-state index is 13.5. The summed E-state index contributed by atoms with van der Waals surface area (Å²) in [4.78, 5) is 28.2. The largest absolute Gasteiger partial charge is 0.573 e. The van der Waals surface area contributed by atoms with Gasteiger partial charge < -0.3 is 10.1 Å². The van der Waals surface area contributed by atoms with Crippen molar-refractivity contribution in [2.24, 2.45) is 0 Å². The quantitative estimate of drug-likeness (QED) is 0.475. The van der Waals surface area contributed by atoms with Crippen LogP contribution in [0.3, 0.4) is 0 Å². The molecule has 174 valence electrons. The van der Waals surface area contributed by atoms with Crippen molar-refractivity contribution in [3.63, 3.8) is 0 Å². The molecule has 0 radical (unpaired) electrons. The van der Waals surface area contributed by atoms with Gasteiger partial charge in [0.2, 0.25) is 0 Å². The second-order valence-electron chi connectivity index (χ2n) is 7.98. The minimum absolute atomic E-state index is 0.0410. The number of alkyl halides is 3. The molecular weight excluding hydrogens is 445 g/mol. The first-order valence-electron chi connectivity index (χ1n) is 10.4. The van der Waals surface area contributed by atoms with Crippen LogP contribution in [0.1, 0.15) is 22.3 Å². The van der Waals surface area contributed by atoms with Gasteiger partial charge in [-0.15, -0.1) is 13.2 Å². The van der Waals surface area contributed by atoms with Crippen LogP contribution in [-0.4, -0.2) is 18.2 Å². The first-order valence-corrected chi connectivity index (χ1v) is 10.4. The Morgan fingerprint density at radius 2 is 1.47 bits per heavy atom. The highest BCUT2D eigenvalue weighted by atomic mass is 19.4. The molecule has 0 aliphatic carbocycles. The molecule has 1 aliphatic heterocycles. The summed E-state index contributed by atoms with van der Waals surface area (Å²) >= 11 is 0. The summed E-state index contributed by atoms with van der Waals surface area (Å²) in [6.07, 6.45) is -4.81. The molecule has 34 heavy (non-hydrogen) atoms. The average Bonchev–Trinajstić information content (AvgIpc) is 3.01. The minimum atomic E-state index is -4.81. The number of benzene rings is 3. The van der Waals surface area contributed by atoms with E-state index in [1.807, 2.05) is 39.0 Å². The predicted octanol–water partition coefficient (Wildman–Crippen LogP) is 5.91. The van der Waals surface area contributed by atoms with Gasteiger partial charge in [-0.2, -0.15) is 0 Å². The third-order valence-electron chi connectivity index (χ3n) is 5.60. The number of nitrogens with zero attached hydrogens (tertiary/aromatic N) is 1. The molecule has 0 saturated carbocycles. The molecule has 0 spiro atoms. The number of hydrogen-bond donors (Lipinski definition) is 1. The number of carbonyl (C=O) groups excluding carboxylic acids is 2. The lowest BCUT2D eigenvalue weighted by atomic mass is 10.0. The Morgan fingerprint density at radius 3 is 2.09 bits per heavy atom. The van der Waals surface area contributed by atoms with Crippen LogP contribution in [0.5, 0.6) is 5.75 Å². The Bertz CT molecular complexity index is 1290. The zero-order valence-electron chi connectivity index (χ0n) is 18.7.